The van der Waals surface area contributed by atoms with E-state index in [2.05, 4.69) is 10.6 Å². The fourth-order valence-corrected chi connectivity index (χ4v) is 3.24. The van der Waals surface area contributed by atoms with Crippen LogP contribution in [0, 0.1) is 0 Å². The number of halogens is 3. The van der Waals surface area contributed by atoms with Crippen LogP contribution in [0.25, 0.3) is 0 Å². The Bertz CT molecular complexity index is 1050. The Labute approximate surface area is 174 Å². The van der Waals surface area contributed by atoms with Gasteiger partial charge in [0.25, 0.3) is 11.8 Å². The molecule has 2 amide bonds. The molecule has 30 heavy (non-hydrogen) atoms. The van der Waals surface area contributed by atoms with E-state index in [0.29, 0.717) is 10.6 Å². The highest BCUT2D eigenvalue weighted by atomic mass is 32.1. The number of hydrogen-bond donors (Lipinski definition) is 2. The van der Waals surface area contributed by atoms with E-state index in [-0.39, 0.29) is 29.5 Å². The molecule has 0 saturated carbocycles. The molecule has 0 fully saturated rings. The molecule has 0 aliphatic rings. The van der Waals surface area contributed by atoms with E-state index < -0.39 is 17.6 Å². The molecule has 0 bridgehead atoms. The van der Waals surface area contributed by atoms with Gasteiger partial charge in [-0.05, 0) is 54.8 Å². The molecule has 2 aromatic carbocycles. The van der Waals surface area contributed by atoms with Crippen LogP contribution in [-0.4, -0.2) is 18.4 Å². The maximum absolute atomic E-state index is 13.0. The lowest BCUT2D eigenvalue weighted by Crippen LogP contribution is -2.15. The van der Waals surface area contributed by atoms with Crippen molar-refractivity contribution in [3.8, 4) is 5.75 Å². The maximum atomic E-state index is 13.0. The lowest BCUT2D eigenvalue weighted by atomic mass is 10.1. The van der Waals surface area contributed by atoms with Crippen molar-refractivity contribution in [1.82, 2.24) is 0 Å². The molecule has 2 N–H and O–H groups in total. The highest BCUT2D eigenvalue weighted by Gasteiger charge is 2.31. The second-order valence-electron chi connectivity index (χ2n) is 6.11. The number of thiophene rings is 1. The molecule has 156 valence electrons. The lowest BCUT2D eigenvalue weighted by Gasteiger charge is -2.15. The molecule has 0 aliphatic heterocycles. The van der Waals surface area contributed by atoms with Crippen LogP contribution in [0.5, 0.6) is 5.75 Å². The van der Waals surface area contributed by atoms with Gasteiger partial charge >= 0.3 is 6.18 Å². The maximum Gasteiger partial charge on any atom is 0.416 e. The van der Waals surface area contributed by atoms with Gasteiger partial charge in [-0.15, -0.1) is 11.3 Å². The molecule has 0 radical (unpaired) electrons. The zero-order valence-corrected chi connectivity index (χ0v) is 16.6. The number of carbonyl (C=O) groups is 2. The first kappa shape index (κ1) is 21.4. The number of rotatable bonds is 6. The van der Waals surface area contributed by atoms with Crippen LogP contribution >= 0.6 is 11.3 Å². The summed E-state index contributed by atoms with van der Waals surface area (Å²) in [6.07, 6.45) is -4.56. The van der Waals surface area contributed by atoms with Crippen LogP contribution in [0.4, 0.5) is 24.5 Å². The van der Waals surface area contributed by atoms with E-state index in [4.69, 9.17) is 4.74 Å². The predicted octanol–water partition coefficient (Wildman–Crippen LogP) is 5.67. The van der Waals surface area contributed by atoms with Gasteiger partial charge in [0.2, 0.25) is 0 Å². The Kier molecular flexibility index (Phi) is 6.41. The molecule has 0 unspecified atom stereocenters. The number of alkyl halides is 3. The molecule has 5 nitrogen and oxygen atoms in total. The largest absolute Gasteiger partial charge is 0.492 e. The van der Waals surface area contributed by atoms with Crippen LogP contribution in [-0.2, 0) is 6.18 Å². The van der Waals surface area contributed by atoms with E-state index in [1.807, 2.05) is 0 Å². The third-order valence-electron chi connectivity index (χ3n) is 3.98. The summed E-state index contributed by atoms with van der Waals surface area (Å²) in [6, 6.07) is 12.4. The second-order valence-corrected chi connectivity index (χ2v) is 7.06. The topological polar surface area (TPSA) is 67.4 Å². The highest BCUT2D eigenvalue weighted by molar-refractivity contribution is 7.12. The molecular formula is C21H17F3N2O3S. The summed E-state index contributed by atoms with van der Waals surface area (Å²) >= 11 is 1.27. The molecule has 0 saturated heterocycles. The summed E-state index contributed by atoms with van der Waals surface area (Å²) in [6.45, 7) is 1.90. The van der Waals surface area contributed by atoms with Crippen molar-refractivity contribution >= 4 is 34.5 Å². The van der Waals surface area contributed by atoms with Crippen LogP contribution in [0.3, 0.4) is 0 Å². The fourth-order valence-electron chi connectivity index (χ4n) is 2.62. The zero-order valence-electron chi connectivity index (χ0n) is 15.7. The van der Waals surface area contributed by atoms with Gasteiger partial charge in [0, 0.05) is 11.3 Å². The van der Waals surface area contributed by atoms with E-state index >= 15 is 0 Å². The minimum Gasteiger partial charge on any atom is -0.492 e. The Morgan fingerprint density at radius 3 is 2.47 bits per heavy atom. The minimum atomic E-state index is -4.56. The first-order chi connectivity index (χ1) is 14.3. The van der Waals surface area contributed by atoms with E-state index in [0.717, 1.165) is 12.1 Å². The summed E-state index contributed by atoms with van der Waals surface area (Å²) in [5.74, 6) is -0.831. The van der Waals surface area contributed by atoms with Gasteiger partial charge in [-0.1, -0.05) is 12.1 Å². The molecule has 0 aliphatic carbocycles. The Morgan fingerprint density at radius 1 is 1.00 bits per heavy atom. The minimum absolute atomic E-state index is 0.0929. The van der Waals surface area contributed by atoms with Crippen LogP contribution in [0.1, 0.15) is 32.5 Å². The van der Waals surface area contributed by atoms with Crippen molar-refractivity contribution in [3.63, 3.8) is 0 Å². The molecule has 3 rings (SSSR count). The third kappa shape index (κ3) is 5.18. The van der Waals surface area contributed by atoms with Crippen molar-refractivity contribution in [2.75, 3.05) is 17.2 Å². The molecule has 3 aromatic rings. The average molecular weight is 434 g/mol. The highest BCUT2D eigenvalue weighted by Crippen LogP contribution is 2.35. The average Bonchev–Trinajstić information content (AvgIpc) is 3.24. The Morgan fingerprint density at radius 2 is 1.80 bits per heavy atom. The van der Waals surface area contributed by atoms with Gasteiger partial charge < -0.3 is 15.4 Å². The molecule has 0 atom stereocenters. The van der Waals surface area contributed by atoms with E-state index in [1.54, 1.807) is 36.6 Å². The fraction of sp³-hybridized carbons (Fsp3) is 0.143. The van der Waals surface area contributed by atoms with Crippen LogP contribution < -0.4 is 15.4 Å². The second kappa shape index (κ2) is 9.00. The van der Waals surface area contributed by atoms with Gasteiger partial charge in [0.15, 0.2) is 0 Å². The number of hydrogen-bond acceptors (Lipinski definition) is 4. The molecule has 1 aromatic heterocycles. The summed E-state index contributed by atoms with van der Waals surface area (Å²) < 4.78 is 44.5. The third-order valence-corrected chi connectivity index (χ3v) is 4.85. The van der Waals surface area contributed by atoms with Crippen LogP contribution in [0.2, 0.25) is 0 Å². The van der Waals surface area contributed by atoms with Gasteiger partial charge in [0.1, 0.15) is 5.75 Å². The van der Waals surface area contributed by atoms with E-state index in [9.17, 15) is 22.8 Å². The molecule has 1 heterocycles. The number of carbonyl (C=O) groups excluding carboxylic acids is 2. The Hall–Kier alpha value is -3.33. The van der Waals surface area contributed by atoms with Crippen molar-refractivity contribution in [3.05, 3.63) is 76.0 Å². The number of benzene rings is 2. The number of nitrogens with one attached hydrogen (secondary N) is 2. The van der Waals surface area contributed by atoms with E-state index in [1.165, 1.54) is 29.5 Å². The smallest absolute Gasteiger partial charge is 0.416 e. The monoisotopic (exact) mass is 434 g/mol. The number of ether oxygens (including phenoxy) is 1. The van der Waals surface area contributed by atoms with Gasteiger partial charge in [-0.25, -0.2) is 0 Å². The van der Waals surface area contributed by atoms with Crippen LogP contribution in [0.15, 0.2) is 60.0 Å². The normalized spacial score (nSPS) is 11.1. The molecule has 9 heteroatoms. The van der Waals surface area contributed by atoms with Gasteiger partial charge in [-0.3, -0.25) is 9.59 Å². The van der Waals surface area contributed by atoms with Crippen molar-refractivity contribution in [1.29, 1.82) is 0 Å². The van der Waals surface area contributed by atoms with Crippen molar-refractivity contribution in [2.45, 2.75) is 13.1 Å². The number of anilines is 2. The quantitative estimate of drug-likeness (QED) is 0.525. The SMILES string of the molecule is CCOc1ccc(C(F)(F)F)cc1NC(=O)c1cccc(NC(=O)c2cccs2)c1. The summed E-state index contributed by atoms with van der Waals surface area (Å²) in [7, 11) is 0. The lowest BCUT2D eigenvalue weighted by molar-refractivity contribution is -0.137. The van der Waals surface area contributed by atoms with Crippen molar-refractivity contribution in [2.24, 2.45) is 0 Å². The van der Waals surface area contributed by atoms with Crippen molar-refractivity contribution < 1.29 is 27.5 Å². The first-order valence-corrected chi connectivity index (χ1v) is 9.76. The summed E-state index contributed by atoms with van der Waals surface area (Å²) in [5, 5.41) is 6.91. The summed E-state index contributed by atoms with van der Waals surface area (Å²) in [5.41, 5.74) is -0.447. The van der Waals surface area contributed by atoms with Gasteiger partial charge in [0.05, 0.1) is 22.7 Å². The summed E-state index contributed by atoms with van der Waals surface area (Å²) in [4.78, 5) is 25.3. The first-order valence-electron chi connectivity index (χ1n) is 8.88. The molecule has 0 spiro atoms. The Balaban J connectivity index is 1.81. The standard InChI is InChI=1S/C21H17F3N2O3S/c1-2-29-17-9-8-14(21(22,23)24)12-16(17)26-19(27)13-5-3-6-15(11-13)25-20(28)18-7-4-10-30-18/h3-12H,2H2,1H3,(H,25,28)(H,26,27). The van der Waals surface area contributed by atoms with Gasteiger partial charge in [-0.2, -0.15) is 13.2 Å². The molecular weight excluding hydrogens is 417 g/mol. The zero-order chi connectivity index (χ0) is 21.7. The number of amides is 2. The predicted molar refractivity (Wildman–Crippen MR) is 109 cm³/mol.